The Morgan fingerprint density at radius 3 is 2.70 bits per heavy atom. The molecule has 0 aliphatic carbocycles. The van der Waals surface area contributed by atoms with Gasteiger partial charge in [0.15, 0.2) is 0 Å². The van der Waals surface area contributed by atoms with Crippen LogP contribution in [0.25, 0.3) is 11.3 Å². The van der Waals surface area contributed by atoms with Crippen LogP contribution in [0.5, 0.6) is 5.75 Å². The van der Waals surface area contributed by atoms with Crippen molar-refractivity contribution in [2.24, 2.45) is 0 Å². The maximum absolute atomic E-state index is 6.17. The molecule has 5 heteroatoms. The SMILES string of the molecule is CCCOc1cncc(-c2nc(CC)nc(Cl)c2C)c1. The fourth-order valence-corrected chi connectivity index (χ4v) is 2.01. The highest BCUT2D eigenvalue weighted by Crippen LogP contribution is 2.27. The molecule has 0 aromatic carbocycles. The first kappa shape index (κ1) is 14.7. The summed E-state index contributed by atoms with van der Waals surface area (Å²) in [6, 6.07) is 1.94. The van der Waals surface area contributed by atoms with Crippen LogP contribution in [0.3, 0.4) is 0 Å². The van der Waals surface area contributed by atoms with Crippen molar-refractivity contribution in [3.05, 3.63) is 35.0 Å². The van der Waals surface area contributed by atoms with Crippen molar-refractivity contribution < 1.29 is 4.74 Å². The van der Waals surface area contributed by atoms with E-state index in [0.29, 0.717) is 11.8 Å². The van der Waals surface area contributed by atoms with E-state index in [2.05, 4.69) is 21.9 Å². The predicted octanol–water partition coefficient (Wildman–Crippen LogP) is 3.85. The van der Waals surface area contributed by atoms with Gasteiger partial charge in [0.2, 0.25) is 0 Å². The first-order valence-electron chi connectivity index (χ1n) is 6.77. The molecule has 0 spiro atoms. The largest absolute Gasteiger partial charge is 0.492 e. The molecule has 2 aromatic rings. The quantitative estimate of drug-likeness (QED) is 0.785. The molecule has 20 heavy (non-hydrogen) atoms. The minimum Gasteiger partial charge on any atom is -0.492 e. The number of aryl methyl sites for hydroxylation is 1. The maximum atomic E-state index is 6.17. The Hall–Kier alpha value is -1.68. The summed E-state index contributed by atoms with van der Waals surface area (Å²) in [6.45, 7) is 6.66. The Balaban J connectivity index is 2.42. The maximum Gasteiger partial charge on any atom is 0.138 e. The minimum absolute atomic E-state index is 0.492. The van der Waals surface area contributed by atoms with Gasteiger partial charge in [-0.1, -0.05) is 25.4 Å². The number of nitrogens with zero attached hydrogens (tertiary/aromatic N) is 3. The first-order valence-corrected chi connectivity index (χ1v) is 7.14. The monoisotopic (exact) mass is 291 g/mol. The molecule has 0 bridgehead atoms. The lowest BCUT2D eigenvalue weighted by Crippen LogP contribution is -2.01. The summed E-state index contributed by atoms with van der Waals surface area (Å²) in [5, 5.41) is 0.492. The van der Waals surface area contributed by atoms with Gasteiger partial charge in [0.05, 0.1) is 18.5 Å². The summed E-state index contributed by atoms with van der Waals surface area (Å²) in [4.78, 5) is 13.0. The van der Waals surface area contributed by atoms with Gasteiger partial charge in [-0.25, -0.2) is 9.97 Å². The fraction of sp³-hybridized carbons (Fsp3) is 0.400. The van der Waals surface area contributed by atoms with Gasteiger partial charge in [0, 0.05) is 23.7 Å². The number of rotatable bonds is 5. The summed E-state index contributed by atoms with van der Waals surface area (Å²) >= 11 is 6.17. The van der Waals surface area contributed by atoms with Crippen LogP contribution < -0.4 is 4.74 Å². The Bertz CT molecular complexity index is 602. The molecule has 0 saturated heterocycles. The van der Waals surface area contributed by atoms with Crippen LogP contribution in [-0.4, -0.2) is 21.6 Å². The van der Waals surface area contributed by atoms with E-state index >= 15 is 0 Å². The molecular formula is C15H18ClN3O. The second-order valence-electron chi connectivity index (χ2n) is 4.52. The fourth-order valence-electron chi connectivity index (χ4n) is 1.82. The average molecular weight is 292 g/mol. The summed E-state index contributed by atoms with van der Waals surface area (Å²) in [5.41, 5.74) is 2.57. The highest BCUT2D eigenvalue weighted by atomic mass is 35.5. The van der Waals surface area contributed by atoms with Gasteiger partial charge in [0.25, 0.3) is 0 Å². The van der Waals surface area contributed by atoms with Crippen molar-refractivity contribution in [3.8, 4) is 17.0 Å². The van der Waals surface area contributed by atoms with Crippen LogP contribution in [0.2, 0.25) is 5.15 Å². The van der Waals surface area contributed by atoms with Crippen LogP contribution in [0.1, 0.15) is 31.7 Å². The molecule has 0 aliphatic heterocycles. The minimum atomic E-state index is 0.492. The van der Waals surface area contributed by atoms with Crippen molar-refractivity contribution in [2.75, 3.05) is 6.61 Å². The number of aromatic nitrogens is 3. The molecule has 0 amide bonds. The van der Waals surface area contributed by atoms with Gasteiger partial charge >= 0.3 is 0 Å². The zero-order valence-electron chi connectivity index (χ0n) is 12.0. The van der Waals surface area contributed by atoms with E-state index in [1.54, 1.807) is 12.4 Å². The number of hydrogen-bond donors (Lipinski definition) is 0. The molecule has 0 unspecified atom stereocenters. The van der Waals surface area contributed by atoms with Gasteiger partial charge in [-0.15, -0.1) is 0 Å². The third-order valence-corrected chi connectivity index (χ3v) is 3.28. The molecule has 2 aromatic heterocycles. The molecule has 0 saturated carbocycles. The third-order valence-electron chi connectivity index (χ3n) is 2.91. The van der Waals surface area contributed by atoms with E-state index < -0.39 is 0 Å². The molecule has 2 rings (SSSR count). The molecular weight excluding hydrogens is 274 g/mol. The van der Waals surface area contributed by atoms with E-state index in [4.69, 9.17) is 16.3 Å². The van der Waals surface area contributed by atoms with Crippen molar-refractivity contribution in [1.82, 2.24) is 15.0 Å². The summed E-state index contributed by atoms with van der Waals surface area (Å²) in [5.74, 6) is 1.48. The van der Waals surface area contributed by atoms with Gasteiger partial charge in [0.1, 0.15) is 16.7 Å². The highest BCUT2D eigenvalue weighted by Gasteiger charge is 2.11. The lowest BCUT2D eigenvalue weighted by molar-refractivity contribution is 0.316. The summed E-state index contributed by atoms with van der Waals surface area (Å²) in [6.07, 6.45) is 5.18. The van der Waals surface area contributed by atoms with Crippen LogP contribution in [0, 0.1) is 6.92 Å². The summed E-state index contributed by atoms with van der Waals surface area (Å²) < 4.78 is 5.61. The Morgan fingerprint density at radius 1 is 1.20 bits per heavy atom. The van der Waals surface area contributed by atoms with Crippen LogP contribution in [0.15, 0.2) is 18.5 Å². The zero-order chi connectivity index (χ0) is 14.5. The van der Waals surface area contributed by atoms with Crippen molar-refractivity contribution in [1.29, 1.82) is 0 Å². The summed E-state index contributed by atoms with van der Waals surface area (Å²) in [7, 11) is 0. The molecule has 0 radical (unpaired) electrons. The number of halogens is 1. The second-order valence-corrected chi connectivity index (χ2v) is 4.87. The standard InChI is InChI=1S/C15H18ClN3O/c1-4-6-20-12-7-11(8-17-9-12)14-10(3)15(16)19-13(5-2)18-14/h7-9H,4-6H2,1-3H3. The third kappa shape index (κ3) is 3.25. The molecule has 0 atom stereocenters. The Morgan fingerprint density at radius 2 is 2.00 bits per heavy atom. The molecule has 4 nitrogen and oxygen atoms in total. The van der Waals surface area contributed by atoms with Crippen LogP contribution in [-0.2, 0) is 6.42 Å². The van der Waals surface area contributed by atoms with Crippen molar-refractivity contribution in [2.45, 2.75) is 33.6 Å². The van der Waals surface area contributed by atoms with E-state index in [0.717, 1.165) is 41.2 Å². The number of pyridine rings is 1. The number of hydrogen-bond acceptors (Lipinski definition) is 4. The topological polar surface area (TPSA) is 47.9 Å². The molecule has 0 fully saturated rings. The smallest absolute Gasteiger partial charge is 0.138 e. The Labute approximate surface area is 124 Å². The Kier molecular flexibility index (Phi) is 4.90. The van der Waals surface area contributed by atoms with Gasteiger partial charge < -0.3 is 4.74 Å². The van der Waals surface area contributed by atoms with E-state index in [1.807, 2.05) is 19.9 Å². The van der Waals surface area contributed by atoms with Crippen LogP contribution in [0.4, 0.5) is 0 Å². The van der Waals surface area contributed by atoms with Gasteiger partial charge in [-0.3, -0.25) is 4.98 Å². The molecule has 0 aliphatic rings. The molecule has 0 N–H and O–H groups in total. The number of ether oxygens (including phenoxy) is 1. The van der Waals surface area contributed by atoms with Gasteiger partial charge in [-0.05, 0) is 19.4 Å². The zero-order valence-corrected chi connectivity index (χ0v) is 12.7. The lowest BCUT2D eigenvalue weighted by atomic mass is 10.1. The second kappa shape index (κ2) is 6.66. The normalized spacial score (nSPS) is 10.6. The van der Waals surface area contributed by atoms with E-state index in [1.165, 1.54) is 0 Å². The first-order chi connectivity index (χ1) is 9.65. The average Bonchev–Trinajstić information content (AvgIpc) is 2.48. The van der Waals surface area contributed by atoms with Crippen molar-refractivity contribution in [3.63, 3.8) is 0 Å². The lowest BCUT2D eigenvalue weighted by Gasteiger charge is -2.10. The highest BCUT2D eigenvalue weighted by molar-refractivity contribution is 6.30. The molecule has 106 valence electrons. The van der Waals surface area contributed by atoms with Crippen molar-refractivity contribution >= 4 is 11.6 Å². The van der Waals surface area contributed by atoms with Gasteiger partial charge in [-0.2, -0.15) is 0 Å². The van der Waals surface area contributed by atoms with Crippen LogP contribution >= 0.6 is 11.6 Å². The predicted molar refractivity (Wildman–Crippen MR) is 80.2 cm³/mol. The van der Waals surface area contributed by atoms with E-state index in [9.17, 15) is 0 Å². The van der Waals surface area contributed by atoms with E-state index in [-0.39, 0.29) is 0 Å². The molecule has 2 heterocycles.